The molecule has 0 fully saturated rings. The molecule has 0 aliphatic heterocycles. The molecule has 1 N–H and O–H groups in total. The molecule has 0 heterocycles. The maximum Gasteiger partial charge on any atom is 0.323 e. The molecule has 5 nitrogen and oxygen atoms in total. The van der Waals surface area contributed by atoms with Gasteiger partial charge in [0, 0.05) is 20.1 Å². The maximum atomic E-state index is 11.8. The molecule has 5 heteroatoms. The molecular weight excluding hydrogens is 222 g/mol. The third kappa shape index (κ3) is 8.68. The zero-order valence-electron chi connectivity index (χ0n) is 10.8. The van der Waals surface area contributed by atoms with Crippen molar-refractivity contribution in [2.75, 3.05) is 26.8 Å². The van der Waals surface area contributed by atoms with Gasteiger partial charge in [0.2, 0.25) is 5.91 Å². The number of amides is 1. The van der Waals surface area contributed by atoms with Gasteiger partial charge in [0.25, 0.3) is 0 Å². The van der Waals surface area contributed by atoms with Crippen LogP contribution in [0.4, 0.5) is 0 Å². The molecule has 0 atom stereocenters. The van der Waals surface area contributed by atoms with Crippen molar-refractivity contribution in [3.63, 3.8) is 0 Å². The number of rotatable bonds is 10. The second-order valence-corrected chi connectivity index (χ2v) is 4.01. The molecule has 0 aromatic heterocycles. The van der Waals surface area contributed by atoms with E-state index in [1.165, 1.54) is 12.0 Å². The third-order valence-corrected chi connectivity index (χ3v) is 2.49. The van der Waals surface area contributed by atoms with Crippen LogP contribution in [0.1, 0.15) is 39.0 Å². The summed E-state index contributed by atoms with van der Waals surface area (Å²) in [5, 5.41) is 8.71. The van der Waals surface area contributed by atoms with Gasteiger partial charge in [0.05, 0.1) is 6.61 Å². The van der Waals surface area contributed by atoms with Crippen molar-refractivity contribution >= 4 is 11.9 Å². The number of carbonyl (C=O) groups excluding carboxylic acids is 1. The van der Waals surface area contributed by atoms with Gasteiger partial charge in [-0.15, -0.1) is 0 Å². The van der Waals surface area contributed by atoms with Crippen LogP contribution in [-0.4, -0.2) is 48.7 Å². The van der Waals surface area contributed by atoms with Gasteiger partial charge in [-0.1, -0.05) is 26.2 Å². The Balaban J connectivity index is 3.98. The summed E-state index contributed by atoms with van der Waals surface area (Å²) < 4.78 is 4.86. The monoisotopic (exact) mass is 245 g/mol. The first-order valence-electron chi connectivity index (χ1n) is 6.10. The van der Waals surface area contributed by atoms with Crippen LogP contribution in [0, 0.1) is 0 Å². The van der Waals surface area contributed by atoms with E-state index in [-0.39, 0.29) is 12.5 Å². The van der Waals surface area contributed by atoms with Gasteiger partial charge in [0.15, 0.2) is 0 Å². The van der Waals surface area contributed by atoms with Crippen LogP contribution in [0.25, 0.3) is 0 Å². The number of carbonyl (C=O) groups is 2. The summed E-state index contributed by atoms with van der Waals surface area (Å²) in [4.78, 5) is 23.7. The standard InChI is InChI=1S/C12H23NO4/c1-3-4-5-6-7-11(14)13(8-9-17-2)10-12(15)16/h3-10H2,1-2H3,(H,15,16). The molecule has 0 aliphatic rings. The number of nitrogens with zero attached hydrogens (tertiary/aromatic N) is 1. The summed E-state index contributed by atoms with van der Waals surface area (Å²) in [7, 11) is 1.53. The van der Waals surface area contributed by atoms with Crippen LogP contribution in [0.5, 0.6) is 0 Å². The van der Waals surface area contributed by atoms with Crippen molar-refractivity contribution in [3.05, 3.63) is 0 Å². The van der Waals surface area contributed by atoms with Gasteiger partial charge in [-0.05, 0) is 6.42 Å². The van der Waals surface area contributed by atoms with Crippen LogP contribution >= 0.6 is 0 Å². The van der Waals surface area contributed by atoms with E-state index in [1.54, 1.807) is 0 Å². The smallest absolute Gasteiger partial charge is 0.323 e. The largest absolute Gasteiger partial charge is 0.480 e. The molecule has 1 amide bonds. The minimum absolute atomic E-state index is 0.0967. The van der Waals surface area contributed by atoms with E-state index in [0.29, 0.717) is 19.6 Å². The Morgan fingerprint density at radius 1 is 1.24 bits per heavy atom. The average molecular weight is 245 g/mol. The molecule has 0 spiro atoms. The first kappa shape index (κ1) is 15.9. The van der Waals surface area contributed by atoms with E-state index in [4.69, 9.17) is 9.84 Å². The summed E-state index contributed by atoms with van der Waals surface area (Å²) in [5.74, 6) is -1.08. The van der Waals surface area contributed by atoms with Gasteiger partial charge >= 0.3 is 5.97 Å². The molecule has 0 rings (SSSR count). The van der Waals surface area contributed by atoms with E-state index in [2.05, 4.69) is 6.92 Å². The van der Waals surface area contributed by atoms with Crippen molar-refractivity contribution in [1.82, 2.24) is 4.90 Å². The molecular formula is C12H23NO4. The fourth-order valence-electron chi connectivity index (χ4n) is 1.52. The topological polar surface area (TPSA) is 66.8 Å². The average Bonchev–Trinajstić information content (AvgIpc) is 2.29. The summed E-state index contributed by atoms with van der Waals surface area (Å²) in [6.45, 7) is 2.58. The van der Waals surface area contributed by atoms with Gasteiger partial charge in [-0.2, -0.15) is 0 Å². The van der Waals surface area contributed by atoms with Crippen molar-refractivity contribution < 1.29 is 19.4 Å². The number of carboxylic acid groups (broad SMARTS) is 1. The molecule has 0 saturated carbocycles. The summed E-state index contributed by atoms with van der Waals surface area (Å²) >= 11 is 0. The van der Waals surface area contributed by atoms with E-state index in [1.807, 2.05) is 0 Å². The minimum atomic E-state index is -0.983. The third-order valence-electron chi connectivity index (χ3n) is 2.49. The predicted molar refractivity (Wildman–Crippen MR) is 64.9 cm³/mol. The number of ether oxygens (including phenoxy) is 1. The second kappa shape index (κ2) is 10.1. The predicted octanol–water partition coefficient (Wildman–Crippen LogP) is 1.52. The molecule has 17 heavy (non-hydrogen) atoms. The number of carboxylic acids is 1. The molecule has 0 saturated heterocycles. The fourth-order valence-corrected chi connectivity index (χ4v) is 1.52. The summed E-state index contributed by atoms with van der Waals surface area (Å²) in [6, 6.07) is 0. The number of unbranched alkanes of at least 4 members (excludes halogenated alkanes) is 3. The van der Waals surface area contributed by atoms with E-state index in [9.17, 15) is 9.59 Å². The molecule has 100 valence electrons. The first-order chi connectivity index (χ1) is 8.11. The normalized spacial score (nSPS) is 10.2. The molecule has 0 unspecified atom stereocenters. The number of hydrogen-bond acceptors (Lipinski definition) is 3. The van der Waals surface area contributed by atoms with Crippen molar-refractivity contribution in [2.45, 2.75) is 39.0 Å². The molecule has 0 aromatic rings. The lowest BCUT2D eigenvalue weighted by molar-refractivity contribution is -0.144. The highest BCUT2D eigenvalue weighted by atomic mass is 16.5. The molecule has 0 bridgehead atoms. The minimum Gasteiger partial charge on any atom is -0.480 e. The Morgan fingerprint density at radius 2 is 1.94 bits per heavy atom. The highest BCUT2D eigenvalue weighted by molar-refractivity contribution is 5.81. The summed E-state index contributed by atoms with van der Waals surface area (Å²) in [6.07, 6.45) is 4.52. The SMILES string of the molecule is CCCCCCC(=O)N(CCOC)CC(=O)O. The van der Waals surface area contributed by atoms with Crippen LogP contribution in [0.15, 0.2) is 0 Å². The van der Waals surface area contributed by atoms with Crippen molar-refractivity contribution in [1.29, 1.82) is 0 Å². The Kier molecular flexibility index (Phi) is 9.43. The number of methoxy groups -OCH3 is 1. The molecule has 0 radical (unpaired) electrons. The number of aliphatic carboxylic acids is 1. The maximum absolute atomic E-state index is 11.8. The zero-order chi connectivity index (χ0) is 13.1. The quantitative estimate of drug-likeness (QED) is 0.592. The van der Waals surface area contributed by atoms with Crippen molar-refractivity contribution in [3.8, 4) is 0 Å². The van der Waals surface area contributed by atoms with E-state index < -0.39 is 5.97 Å². The lowest BCUT2D eigenvalue weighted by Crippen LogP contribution is -2.37. The Hall–Kier alpha value is -1.10. The van der Waals surface area contributed by atoms with Gasteiger partial charge in [-0.25, -0.2) is 0 Å². The van der Waals surface area contributed by atoms with Crippen LogP contribution in [0.2, 0.25) is 0 Å². The van der Waals surface area contributed by atoms with Gasteiger partial charge < -0.3 is 14.7 Å². The molecule has 0 aliphatic carbocycles. The number of hydrogen-bond donors (Lipinski definition) is 1. The Bertz CT molecular complexity index is 231. The summed E-state index contributed by atoms with van der Waals surface area (Å²) in [5.41, 5.74) is 0. The van der Waals surface area contributed by atoms with Crippen molar-refractivity contribution in [2.24, 2.45) is 0 Å². The Labute approximate surface area is 103 Å². The highest BCUT2D eigenvalue weighted by Gasteiger charge is 2.15. The Morgan fingerprint density at radius 3 is 2.47 bits per heavy atom. The lowest BCUT2D eigenvalue weighted by Gasteiger charge is -2.20. The second-order valence-electron chi connectivity index (χ2n) is 4.01. The zero-order valence-corrected chi connectivity index (χ0v) is 10.8. The van der Waals surface area contributed by atoms with Crippen LogP contribution in [0.3, 0.4) is 0 Å². The van der Waals surface area contributed by atoms with E-state index in [0.717, 1.165) is 25.7 Å². The lowest BCUT2D eigenvalue weighted by atomic mass is 10.1. The van der Waals surface area contributed by atoms with Crippen LogP contribution in [-0.2, 0) is 14.3 Å². The van der Waals surface area contributed by atoms with Gasteiger partial charge in [-0.3, -0.25) is 9.59 Å². The first-order valence-corrected chi connectivity index (χ1v) is 6.10. The highest BCUT2D eigenvalue weighted by Crippen LogP contribution is 2.05. The van der Waals surface area contributed by atoms with Gasteiger partial charge in [0.1, 0.15) is 6.54 Å². The van der Waals surface area contributed by atoms with E-state index >= 15 is 0 Å². The fraction of sp³-hybridized carbons (Fsp3) is 0.833. The molecule has 0 aromatic carbocycles. The van der Waals surface area contributed by atoms with Crippen LogP contribution < -0.4 is 0 Å².